The van der Waals surface area contributed by atoms with Gasteiger partial charge in [-0.1, -0.05) is 30.7 Å². The van der Waals surface area contributed by atoms with Gasteiger partial charge < -0.3 is 5.32 Å². The first-order valence-corrected chi connectivity index (χ1v) is 6.84. The molecule has 0 bridgehead atoms. The Balaban J connectivity index is 1.99. The van der Waals surface area contributed by atoms with Crippen LogP contribution in [0.5, 0.6) is 0 Å². The van der Waals surface area contributed by atoms with Crippen LogP contribution in [0.25, 0.3) is 0 Å². The number of halogens is 1. The lowest BCUT2D eigenvalue weighted by molar-refractivity contribution is -0.122. The fourth-order valence-corrected chi connectivity index (χ4v) is 2.05. The molecule has 1 aromatic heterocycles. The summed E-state index contributed by atoms with van der Waals surface area (Å²) >= 11 is 5.86. The van der Waals surface area contributed by atoms with E-state index in [-0.39, 0.29) is 24.3 Å². The van der Waals surface area contributed by atoms with E-state index in [1.54, 1.807) is 12.1 Å². The molecular formula is C14H14ClN5O. The van der Waals surface area contributed by atoms with E-state index in [2.05, 4.69) is 15.4 Å². The van der Waals surface area contributed by atoms with Gasteiger partial charge in [-0.05, 0) is 24.1 Å². The maximum Gasteiger partial charge on any atom is 0.252 e. The van der Waals surface area contributed by atoms with Gasteiger partial charge in [0.25, 0.3) is 5.82 Å². The maximum atomic E-state index is 12.0. The second-order valence-corrected chi connectivity index (χ2v) is 4.89. The van der Waals surface area contributed by atoms with Gasteiger partial charge in [-0.15, -0.1) is 5.10 Å². The lowest BCUT2D eigenvalue weighted by Crippen LogP contribution is -2.31. The van der Waals surface area contributed by atoms with Crippen molar-refractivity contribution in [2.24, 2.45) is 0 Å². The average Bonchev–Trinajstić information content (AvgIpc) is 2.93. The first-order chi connectivity index (χ1) is 10.1. The minimum atomic E-state index is -0.189. The van der Waals surface area contributed by atoms with Crippen molar-refractivity contribution in [3.63, 3.8) is 0 Å². The number of nitriles is 1. The second kappa shape index (κ2) is 6.86. The molecule has 0 aliphatic rings. The Morgan fingerprint density at radius 2 is 2.19 bits per heavy atom. The zero-order valence-electron chi connectivity index (χ0n) is 11.5. The Kier molecular flexibility index (Phi) is 4.90. The monoisotopic (exact) mass is 303 g/mol. The predicted octanol–water partition coefficient (Wildman–Crippen LogP) is 2.07. The molecule has 6 nitrogen and oxygen atoms in total. The van der Waals surface area contributed by atoms with Crippen molar-refractivity contribution in [2.45, 2.75) is 25.9 Å². The Morgan fingerprint density at radius 1 is 1.48 bits per heavy atom. The largest absolute Gasteiger partial charge is 0.348 e. The van der Waals surface area contributed by atoms with Crippen LogP contribution in [0.4, 0.5) is 0 Å². The lowest BCUT2D eigenvalue weighted by atomic mass is 10.0. The fraction of sp³-hybridized carbons (Fsp3) is 0.286. The highest BCUT2D eigenvalue weighted by molar-refractivity contribution is 6.30. The zero-order valence-corrected chi connectivity index (χ0v) is 12.2. The van der Waals surface area contributed by atoms with E-state index in [0.717, 1.165) is 12.0 Å². The van der Waals surface area contributed by atoms with Crippen molar-refractivity contribution in [3.05, 3.63) is 47.0 Å². The molecule has 0 aliphatic heterocycles. The van der Waals surface area contributed by atoms with Gasteiger partial charge in [-0.3, -0.25) is 4.79 Å². The summed E-state index contributed by atoms with van der Waals surface area (Å²) in [7, 11) is 0. The molecule has 0 spiro atoms. The Hall–Kier alpha value is -2.39. The topological polar surface area (TPSA) is 83.6 Å². The van der Waals surface area contributed by atoms with Crippen LogP contribution < -0.4 is 5.32 Å². The minimum absolute atomic E-state index is 0.0266. The molecule has 2 aromatic rings. The Morgan fingerprint density at radius 3 is 2.76 bits per heavy atom. The van der Waals surface area contributed by atoms with E-state index in [9.17, 15) is 4.79 Å². The summed E-state index contributed by atoms with van der Waals surface area (Å²) in [4.78, 5) is 15.8. The summed E-state index contributed by atoms with van der Waals surface area (Å²) in [6.07, 6.45) is 2.12. The van der Waals surface area contributed by atoms with Crippen LogP contribution in [-0.4, -0.2) is 20.7 Å². The molecule has 0 aliphatic carbocycles. The number of aromatic nitrogens is 3. The molecule has 7 heteroatoms. The van der Waals surface area contributed by atoms with Crippen molar-refractivity contribution in [1.29, 1.82) is 5.26 Å². The van der Waals surface area contributed by atoms with Crippen LogP contribution >= 0.6 is 11.6 Å². The third-order valence-corrected chi connectivity index (χ3v) is 3.21. The molecule has 1 unspecified atom stereocenters. The fourth-order valence-electron chi connectivity index (χ4n) is 1.93. The van der Waals surface area contributed by atoms with Crippen LogP contribution in [0, 0.1) is 11.3 Å². The molecule has 0 saturated carbocycles. The van der Waals surface area contributed by atoms with Gasteiger partial charge in [0.05, 0.1) is 6.04 Å². The van der Waals surface area contributed by atoms with Gasteiger partial charge in [0.15, 0.2) is 0 Å². The SMILES string of the molecule is CCC(NC(=O)Cn1cnc(C#N)n1)c1ccc(Cl)cc1. The predicted molar refractivity (Wildman–Crippen MR) is 77.4 cm³/mol. The van der Waals surface area contributed by atoms with Crippen molar-refractivity contribution < 1.29 is 4.79 Å². The number of hydrogen-bond donors (Lipinski definition) is 1. The van der Waals surface area contributed by atoms with Gasteiger partial charge in [0.2, 0.25) is 5.91 Å². The van der Waals surface area contributed by atoms with E-state index < -0.39 is 0 Å². The highest BCUT2D eigenvalue weighted by Gasteiger charge is 2.13. The van der Waals surface area contributed by atoms with Crippen molar-refractivity contribution in [2.75, 3.05) is 0 Å². The highest BCUT2D eigenvalue weighted by atomic mass is 35.5. The van der Waals surface area contributed by atoms with Gasteiger partial charge in [0.1, 0.15) is 18.9 Å². The van der Waals surface area contributed by atoms with E-state index in [0.29, 0.717) is 5.02 Å². The highest BCUT2D eigenvalue weighted by Crippen LogP contribution is 2.19. The molecule has 1 amide bonds. The van der Waals surface area contributed by atoms with E-state index in [1.165, 1.54) is 11.0 Å². The molecule has 0 radical (unpaired) electrons. The third kappa shape index (κ3) is 4.04. The van der Waals surface area contributed by atoms with Gasteiger partial charge in [-0.2, -0.15) is 5.26 Å². The van der Waals surface area contributed by atoms with Crippen LogP contribution in [0.15, 0.2) is 30.6 Å². The molecular weight excluding hydrogens is 290 g/mol. The molecule has 0 saturated heterocycles. The zero-order chi connectivity index (χ0) is 15.2. The number of hydrogen-bond acceptors (Lipinski definition) is 4. The molecule has 1 heterocycles. The molecule has 1 atom stereocenters. The summed E-state index contributed by atoms with van der Waals surface area (Å²) in [5.41, 5.74) is 0.992. The molecule has 0 fully saturated rings. The van der Waals surface area contributed by atoms with Crippen molar-refractivity contribution in [3.8, 4) is 6.07 Å². The molecule has 1 aromatic carbocycles. The van der Waals surface area contributed by atoms with E-state index >= 15 is 0 Å². The first kappa shape index (κ1) is 15.0. The summed E-state index contributed by atoms with van der Waals surface area (Å²) in [5.74, 6) is -0.140. The van der Waals surface area contributed by atoms with Crippen LogP contribution in [-0.2, 0) is 11.3 Å². The molecule has 108 valence electrons. The summed E-state index contributed by atoms with van der Waals surface area (Å²) < 4.78 is 1.34. The summed E-state index contributed by atoms with van der Waals surface area (Å²) in [6.45, 7) is 2.02. The van der Waals surface area contributed by atoms with Crippen LogP contribution in [0.3, 0.4) is 0 Å². The van der Waals surface area contributed by atoms with Gasteiger partial charge >= 0.3 is 0 Å². The summed E-state index contributed by atoms with van der Waals surface area (Å²) in [5, 5.41) is 16.1. The average molecular weight is 304 g/mol. The van der Waals surface area contributed by atoms with E-state index in [4.69, 9.17) is 16.9 Å². The quantitative estimate of drug-likeness (QED) is 0.916. The number of carbonyl (C=O) groups is 1. The minimum Gasteiger partial charge on any atom is -0.348 e. The van der Waals surface area contributed by atoms with Crippen molar-refractivity contribution in [1.82, 2.24) is 20.1 Å². The normalized spacial score (nSPS) is 11.7. The second-order valence-electron chi connectivity index (χ2n) is 4.46. The third-order valence-electron chi connectivity index (χ3n) is 2.96. The number of nitrogens with zero attached hydrogens (tertiary/aromatic N) is 4. The van der Waals surface area contributed by atoms with Crippen LogP contribution in [0.2, 0.25) is 5.02 Å². The number of carbonyl (C=O) groups excluding carboxylic acids is 1. The first-order valence-electron chi connectivity index (χ1n) is 6.46. The Bertz CT molecular complexity index is 659. The smallest absolute Gasteiger partial charge is 0.252 e. The summed E-state index contributed by atoms with van der Waals surface area (Å²) in [6, 6.07) is 9.09. The standard InChI is InChI=1S/C14H14ClN5O/c1-2-12(10-3-5-11(15)6-4-10)18-14(21)8-20-9-17-13(7-16)19-20/h3-6,9,12H,2,8H2,1H3,(H,18,21). The molecule has 2 rings (SSSR count). The number of rotatable bonds is 5. The Labute approximate surface area is 127 Å². The van der Waals surface area contributed by atoms with Crippen molar-refractivity contribution >= 4 is 17.5 Å². The van der Waals surface area contributed by atoms with Gasteiger partial charge in [0, 0.05) is 5.02 Å². The number of amides is 1. The van der Waals surface area contributed by atoms with Crippen LogP contribution in [0.1, 0.15) is 30.8 Å². The molecule has 1 N–H and O–H groups in total. The molecule has 21 heavy (non-hydrogen) atoms. The van der Waals surface area contributed by atoms with Gasteiger partial charge in [-0.25, -0.2) is 9.67 Å². The number of nitrogens with one attached hydrogen (secondary N) is 1. The lowest BCUT2D eigenvalue weighted by Gasteiger charge is -2.17. The maximum absolute atomic E-state index is 12.0. The van der Waals surface area contributed by atoms with E-state index in [1.807, 2.05) is 25.1 Å². The number of benzene rings is 1.